The van der Waals surface area contributed by atoms with Gasteiger partial charge >= 0.3 is 41.5 Å². The summed E-state index contributed by atoms with van der Waals surface area (Å²) in [5.74, 6) is -1.76. The van der Waals surface area contributed by atoms with E-state index >= 15 is 0 Å². The van der Waals surface area contributed by atoms with E-state index in [9.17, 15) is 9.59 Å². The molecule has 0 bridgehead atoms. The number of aliphatic carboxylic acids is 2. The molecule has 0 amide bonds. The van der Waals surface area contributed by atoms with Gasteiger partial charge in [0.2, 0.25) is 0 Å². The van der Waals surface area contributed by atoms with Crippen molar-refractivity contribution in [2.75, 3.05) is 13.1 Å². The molecular formula is C6H12NNaO4. The largest absolute Gasteiger partial charge is 1.00 e. The molecule has 0 unspecified atom stereocenters. The van der Waals surface area contributed by atoms with Gasteiger partial charge in [0.25, 0.3) is 0 Å². The smallest absolute Gasteiger partial charge is 1.00 e. The van der Waals surface area contributed by atoms with E-state index in [1.54, 1.807) is 0 Å². The van der Waals surface area contributed by atoms with Gasteiger partial charge in [0.05, 0.1) is 12.8 Å². The van der Waals surface area contributed by atoms with Crippen molar-refractivity contribution in [2.45, 2.75) is 12.8 Å². The molecule has 0 aliphatic rings. The molecule has 3 N–H and O–H groups in total. The van der Waals surface area contributed by atoms with Gasteiger partial charge in [-0.1, -0.05) is 0 Å². The topological polar surface area (TPSA) is 86.6 Å². The fraction of sp³-hybridized carbons (Fsp3) is 0.667. The Hall–Kier alpha value is -0.100. The van der Waals surface area contributed by atoms with Crippen LogP contribution in [0.1, 0.15) is 14.3 Å². The maximum atomic E-state index is 9.94. The van der Waals surface area contributed by atoms with Crippen LogP contribution in [0.25, 0.3) is 0 Å². The van der Waals surface area contributed by atoms with Gasteiger partial charge in [0, 0.05) is 13.1 Å². The molecule has 0 radical (unpaired) electrons. The molecule has 0 aromatic carbocycles. The van der Waals surface area contributed by atoms with E-state index in [4.69, 9.17) is 10.2 Å². The van der Waals surface area contributed by atoms with Crippen molar-refractivity contribution in [2.24, 2.45) is 0 Å². The Balaban J connectivity index is -0.000000500. The first-order valence-electron chi connectivity index (χ1n) is 3.27. The van der Waals surface area contributed by atoms with Crippen molar-refractivity contribution >= 4 is 11.9 Å². The first kappa shape index (κ1) is 14.4. The summed E-state index contributed by atoms with van der Waals surface area (Å²) in [6, 6.07) is 0. The van der Waals surface area contributed by atoms with E-state index in [1.807, 2.05) is 0 Å². The third-order valence-electron chi connectivity index (χ3n) is 1.03. The van der Waals surface area contributed by atoms with Crippen LogP contribution in [0.3, 0.4) is 0 Å². The summed E-state index contributed by atoms with van der Waals surface area (Å²) in [5, 5.41) is 19.0. The maximum Gasteiger partial charge on any atom is 1.00 e. The minimum absolute atomic E-state index is 0. The summed E-state index contributed by atoms with van der Waals surface area (Å²) in [4.78, 5) is 19.9. The molecule has 0 saturated carbocycles. The average Bonchev–Trinajstić information content (AvgIpc) is 1.85. The van der Waals surface area contributed by atoms with Crippen LogP contribution in [0.2, 0.25) is 0 Å². The van der Waals surface area contributed by atoms with E-state index < -0.39 is 11.9 Å². The van der Waals surface area contributed by atoms with Crippen LogP contribution in [-0.4, -0.2) is 35.2 Å². The number of carboxylic acid groups (broad SMARTS) is 2. The van der Waals surface area contributed by atoms with E-state index in [1.165, 1.54) is 0 Å². The third kappa shape index (κ3) is 12.6. The van der Waals surface area contributed by atoms with Crippen LogP contribution in [0.4, 0.5) is 0 Å². The van der Waals surface area contributed by atoms with Gasteiger partial charge in [-0.25, -0.2) is 0 Å². The Morgan fingerprint density at radius 3 is 1.67 bits per heavy atom. The third-order valence-corrected chi connectivity index (χ3v) is 1.03. The number of carbonyl (C=O) groups is 2. The minimum atomic E-state index is -0.882. The summed E-state index contributed by atoms with van der Waals surface area (Å²) in [6.45, 7) is 0.644. The summed E-state index contributed by atoms with van der Waals surface area (Å²) < 4.78 is 0. The van der Waals surface area contributed by atoms with Crippen LogP contribution in [0.15, 0.2) is 0 Å². The molecule has 0 heterocycles. The van der Waals surface area contributed by atoms with Gasteiger partial charge in [-0.05, 0) is 0 Å². The molecule has 0 spiro atoms. The van der Waals surface area contributed by atoms with Crippen LogP contribution in [0.5, 0.6) is 0 Å². The quantitative estimate of drug-likeness (QED) is 0.297. The van der Waals surface area contributed by atoms with Crippen molar-refractivity contribution < 1.29 is 50.8 Å². The van der Waals surface area contributed by atoms with Crippen LogP contribution in [0, 0.1) is 0 Å². The zero-order valence-electron chi connectivity index (χ0n) is 8.04. The van der Waals surface area contributed by atoms with Gasteiger partial charge in [-0.3, -0.25) is 9.59 Å². The molecule has 0 atom stereocenters. The zero-order chi connectivity index (χ0) is 8.69. The van der Waals surface area contributed by atoms with E-state index in [-0.39, 0.29) is 43.8 Å². The molecule has 12 heavy (non-hydrogen) atoms. The van der Waals surface area contributed by atoms with Gasteiger partial charge in [0.15, 0.2) is 0 Å². The molecule has 0 fully saturated rings. The summed E-state index contributed by atoms with van der Waals surface area (Å²) in [7, 11) is 0. The van der Waals surface area contributed by atoms with Crippen LogP contribution >= 0.6 is 0 Å². The Bertz CT molecular complexity index is 140. The minimum Gasteiger partial charge on any atom is -1.00 e. The number of hydrogen-bond donors (Lipinski definition) is 3. The molecule has 0 rings (SSSR count). The van der Waals surface area contributed by atoms with Gasteiger partial charge in [0.1, 0.15) is 0 Å². The van der Waals surface area contributed by atoms with E-state index in [0.717, 1.165) is 0 Å². The number of rotatable bonds is 6. The molecule has 6 heteroatoms. The predicted octanol–water partition coefficient (Wildman–Crippen LogP) is -3.36. The summed E-state index contributed by atoms with van der Waals surface area (Å²) in [6.07, 6.45) is 0.0548. The fourth-order valence-corrected chi connectivity index (χ4v) is 0.516. The van der Waals surface area contributed by atoms with Crippen LogP contribution < -0.4 is 34.9 Å². The zero-order valence-corrected chi connectivity index (χ0v) is 9.04. The Morgan fingerprint density at radius 2 is 1.42 bits per heavy atom. The van der Waals surface area contributed by atoms with Crippen molar-refractivity contribution in [3.8, 4) is 0 Å². The molecule has 66 valence electrons. The molecule has 5 nitrogen and oxygen atoms in total. The summed E-state index contributed by atoms with van der Waals surface area (Å²) in [5.41, 5.74) is 0. The molecule has 0 aromatic rings. The second-order valence-electron chi connectivity index (χ2n) is 2.04. The second-order valence-corrected chi connectivity index (χ2v) is 2.04. The van der Waals surface area contributed by atoms with Crippen LogP contribution in [-0.2, 0) is 9.59 Å². The molecule has 0 aromatic heterocycles. The van der Waals surface area contributed by atoms with E-state index in [0.29, 0.717) is 13.1 Å². The Morgan fingerprint density at radius 1 is 1.08 bits per heavy atom. The number of nitrogens with one attached hydrogen (secondary N) is 1. The van der Waals surface area contributed by atoms with Gasteiger partial charge < -0.3 is 17.0 Å². The fourth-order valence-electron chi connectivity index (χ4n) is 0.516. The Labute approximate surface area is 93.9 Å². The molecule has 0 aliphatic heterocycles. The first-order valence-corrected chi connectivity index (χ1v) is 3.27. The monoisotopic (exact) mass is 185 g/mol. The van der Waals surface area contributed by atoms with Crippen molar-refractivity contribution in [3.63, 3.8) is 0 Å². The molecule has 0 saturated heterocycles. The van der Waals surface area contributed by atoms with Gasteiger partial charge in [-0.2, -0.15) is 0 Å². The van der Waals surface area contributed by atoms with Crippen molar-refractivity contribution in [3.05, 3.63) is 0 Å². The molecule has 0 aliphatic carbocycles. The predicted molar refractivity (Wildman–Crippen MR) is 38.5 cm³/mol. The maximum absolute atomic E-state index is 9.94. The molecular weight excluding hydrogens is 173 g/mol. The number of carboxylic acids is 2. The summed E-state index contributed by atoms with van der Waals surface area (Å²) >= 11 is 0. The van der Waals surface area contributed by atoms with Gasteiger partial charge in [-0.15, -0.1) is 0 Å². The second kappa shape index (κ2) is 8.99. The Kier molecular flexibility index (Phi) is 10.8. The first-order chi connectivity index (χ1) is 5.13. The van der Waals surface area contributed by atoms with Crippen molar-refractivity contribution in [1.29, 1.82) is 0 Å². The SMILES string of the molecule is O=C(O)CCNCCC(=O)O.[H-].[Na+]. The average molecular weight is 185 g/mol. The number of hydrogen-bond acceptors (Lipinski definition) is 3. The standard InChI is InChI=1S/C6H11NO4.Na.H/c8-5(9)1-3-7-4-2-6(10)11;;/h7H,1-4H2,(H,8,9)(H,10,11);;/q;+1;-1. The normalized spacial score (nSPS) is 8.67. The van der Waals surface area contributed by atoms with Crippen molar-refractivity contribution in [1.82, 2.24) is 5.32 Å². The van der Waals surface area contributed by atoms with E-state index in [2.05, 4.69) is 5.32 Å².